The first kappa shape index (κ1) is 17.5. The van der Waals surface area contributed by atoms with Crippen LogP contribution in [0.25, 0.3) is 0 Å². The van der Waals surface area contributed by atoms with Crippen molar-refractivity contribution in [2.75, 3.05) is 24.6 Å². The predicted octanol–water partition coefficient (Wildman–Crippen LogP) is 3.04. The molecule has 1 aromatic heterocycles. The largest absolute Gasteiger partial charge is 0.456 e. The molecule has 0 aliphatic carbocycles. The first-order valence-corrected chi connectivity index (χ1v) is 8.87. The van der Waals surface area contributed by atoms with Crippen molar-refractivity contribution in [1.29, 1.82) is 0 Å². The lowest BCUT2D eigenvalue weighted by Crippen LogP contribution is -2.34. The second-order valence-electron chi connectivity index (χ2n) is 6.83. The van der Waals surface area contributed by atoms with Gasteiger partial charge in [0.2, 0.25) is 0 Å². The molecule has 5 heteroatoms. The Balaban J connectivity index is 1.54. The summed E-state index contributed by atoms with van der Waals surface area (Å²) in [6.07, 6.45) is 2.08. The molecule has 3 rings (SSSR count). The van der Waals surface area contributed by atoms with Crippen LogP contribution in [0.1, 0.15) is 40.3 Å². The van der Waals surface area contributed by atoms with Crippen LogP contribution < -0.4 is 10.2 Å². The maximum Gasteiger partial charge on any atom is 0.287 e. The van der Waals surface area contributed by atoms with E-state index in [9.17, 15) is 9.90 Å². The lowest BCUT2D eigenvalue weighted by Gasteiger charge is -2.33. The number of nitrogens with zero attached hydrogens (tertiary/aromatic N) is 1. The van der Waals surface area contributed by atoms with Crippen LogP contribution in [-0.2, 0) is 6.54 Å². The summed E-state index contributed by atoms with van der Waals surface area (Å²) >= 11 is 0. The van der Waals surface area contributed by atoms with Crippen molar-refractivity contribution in [2.45, 2.75) is 33.2 Å². The van der Waals surface area contributed by atoms with Crippen molar-refractivity contribution in [3.63, 3.8) is 0 Å². The second kappa shape index (κ2) is 7.74. The molecule has 2 heterocycles. The average Bonchev–Trinajstić information content (AvgIpc) is 2.98. The molecule has 1 amide bonds. The zero-order chi connectivity index (χ0) is 17.8. The number of hydrogen-bond donors (Lipinski definition) is 2. The Kier molecular flexibility index (Phi) is 5.43. The number of furan rings is 1. The zero-order valence-corrected chi connectivity index (χ0v) is 14.9. The van der Waals surface area contributed by atoms with Crippen LogP contribution in [0.2, 0.25) is 0 Å². The molecule has 1 aliphatic heterocycles. The minimum Gasteiger partial charge on any atom is -0.456 e. The van der Waals surface area contributed by atoms with Crippen molar-refractivity contribution in [3.05, 3.63) is 53.0 Å². The van der Waals surface area contributed by atoms with E-state index in [-0.39, 0.29) is 5.91 Å². The van der Waals surface area contributed by atoms with Gasteiger partial charge in [0.15, 0.2) is 5.76 Å². The van der Waals surface area contributed by atoms with Gasteiger partial charge in [-0.15, -0.1) is 0 Å². The summed E-state index contributed by atoms with van der Waals surface area (Å²) in [5.41, 5.74) is 3.11. The molecule has 0 radical (unpaired) electrons. The fraction of sp³-hybridized carbons (Fsp3) is 0.450. The average molecular weight is 342 g/mol. The van der Waals surface area contributed by atoms with E-state index in [4.69, 9.17) is 4.42 Å². The van der Waals surface area contributed by atoms with E-state index in [1.807, 2.05) is 32.0 Å². The minimum absolute atomic E-state index is 0.180. The van der Waals surface area contributed by atoms with Gasteiger partial charge in [0.1, 0.15) is 5.76 Å². The maximum absolute atomic E-state index is 12.2. The van der Waals surface area contributed by atoms with E-state index in [1.54, 1.807) is 0 Å². The number of aliphatic hydroxyl groups excluding tert-OH is 1. The number of hydrogen-bond acceptors (Lipinski definition) is 4. The zero-order valence-electron chi connectivity index (χ0n) is 14.9. The molecular weight excluding hydrogens is 316 g/mol. The molecule has 0 spiro atoms. The molecular formula is C20H26N2O3. The number of aryl methyl sites for hydroxylation is 2. The number of rotatable bonds is 5. The summed E-state index contributed by atoms with van der Waals surface area (Å²) in [5, 5.41) is 12.1. The summed E-state index contributed by atoms with van der Waals surface area (Å²) in [7, 11) is 0. The molecule has 0 bridgehead atoms. The Labute approximate surface area is 148 Å². The van der Waals surface area contributed by atoms with Crippen molar-refractivity contribution in [1.82, 2.24) is 5.32 Å². The van der Waals surface area contributed by atoms with Crippen LogP contribution in [0.3, 0.4) is 0 Å². The lowest BCUT2D eigenvalue weighted by atomic mass is 9.97. The molecule has 0 atom stereocenters. The Morgan fingerprint density at radius 3 is 2.48 bits per heavy atom. The maximum atomic E-state index is 12.2. The molecule has 0 unspecified atom stereocenters. The van der Waals surface area contributed by atoms with Gasteiger partial charge < -0.3 is 19.7 Å². The normalized spacial score (nSPS) is 15.4. The van der Waals surface area contributed by atoms with E-state index in [1.165, 1.54) is 5.69 Å². The lowest BCUT2D eigenvalue weighted by molar-refractivity contribution is 0.0921. The van der Waals surface area contributed by atoms with Crippen molar-refractivity contribution < 1.29 is 14.3 Å². The van der Waals surface area contributed by atoms with Gasteiger partial charge in [0, 0.05) is 37.5 Å². The van der Waals surface area contributed by atoms with E-state index in [0.29, 0.717) is 24.8 Å². The molecule has 1 fully saturated rings. The number of carbonyl (C=O) groups excluding carboxylic acids is 1. The van der Waals surface area contributed by atoms with Gasteiger partial charge in [-0.25, -0.2) is 0 Å². The highest BCUT2D eigenvalue weighted by Gasteiger charge is 2.18. The molecule has 1 aromatic carbocycles. The van der Waals surface area contributed by atoms with Gasteiger partial charge in [-0.3, -0.25) is 4.79 Å². The fourth-order valence-electron chi connectivity index (χ4n) is 3.33. The van der Waals surface area contributed by atoms with E-state index >= 15 is 0 Å². The fourth-order valence-corrected chi connectivity index (χ4v) is 3.33. The third kappa shape index (κ3) is 4.23. The highest BCUT2D eigenvalue weighted by Crippen LogP contribution is 2.23. The van der Waals surface area contributed by atoms with E-state index in [2.05, 4.69) is 22.3 Å². The number of nitrogens with one attached hydrogen (secondary N) is 1. The van der Waals surface area contributed by atoms with Crippen LogP contribution in [-0.4, -0.2) is 30.7 Å². The molecule has 25 heavy (non-hydrogen) atoms. The Bertz CT molecular complexity index is 713. The van der Waals surface area contributed by atoms with Crippen LogP contribution in [0, 0.1) is 19.8 Å². The number of aliphatic hydroxyl groups is 1. The molecule has 1 saturated heterocycles. The molecule has 0 saturated carbocycles. The highest BCUT2D eigenvalue weighted by molar-refractivity contribution is 5.92. The smallest absolute Gasteiger partial charge is 0.287 e. The summed E-state index contributed by atoms with van der Waals surface area (Å²) in [5.74, 6) is 1.40. The third-order valence-electron chi connectivity index (χ3n) is 4.87. The van der Waals surface area contributed by atoms with Crippen LogP contribution in [0.5, 0.6) is 0 Å². The van der Waals surface area contributed by atoms with Gasteiger partial charge in [0.05, 0.1) is 0 Å². The quantitative estimate of drug-likeness (QED) is 0.876. The van der Waals surface area contributed by atoms with Crippen molar-refractivity contribution >= 4 is 11.6 Å². The predicted molar refractivity (Wildman–Crippen MR) is 97.8 cm³/mol. The van der Waals surface area contributed by atoms with E-state index in [0.717, 1.165) is 42.8 Å². The summed E-state index contributed by atoms with van der Waals surface area (Å²) < 4.78 is 5.44. The van der Waals surface area contributed by atoms with Crippen molar-refractivity contribution in [2.24, 2.45) is 5.92 Å². The Morgan fingerprint density at radius 1 is 1.24 bits per heavy atom. The Morgan fingerprint density at radius 2 is 1.92 bits per heavy atom. The molecule has 1 aliphatic rings. The number of piperidine rings is 1. The van der Waals surface area contributed by atoms with Gasteiger partial charge >= 0.3 is 0 Å². The molecule has 134 valence electrons. The SMILES string of the molecule is Cc1cc(C)c(C(=O)NCc2ccc(N3CCC(CO)CC3)cc2)o1. The second-order valence-corrected chi connectivity index (χ2v) is 6.83. The standard InChI is InChI=1S/C20H26N2O3/c1-14-11-15(2)25-19(14)20(24)21-12-16-3-5-18(6-4-16)22-9-7-17(13-23)8-10-22/h3-6,11,17,23H,7-10,12-13H2,1-2H3,(H,21,24). The number of anilines is 1. The van der Waals surface area contributed by atoms with Gasteiger partial charge in [-0.05, 0) is 56.4 Å². The van der Waals surface area contributed by atoms with E-state index < -0.39 is 0 Å². The van der Waals surface area contributed by atoms with Crippen LogP contribution >= 0.6 is 0 Å². The molecule has 2 aromatic rings. The number of benzene rings is 1. The van der Waals surface area contributed by atoms with Crippen molar-refractivity contribution in [3.8, 4) is 0 Å². The van der Waals surface area contributed by atoms with Gasteiger partial charge in [0.25, 0.3) is 5.91 Å². The summed E-state index contributed by atoms with van der Waals surface area (Å²) in [4.78, 5) is 14.5. The van der Waals surface area contributed by atoms with Crippen LogP contribution in [0.4, 0.5) is 5.69 Å². The number of amides is 1. The summed E-state index contributed by atoms with van der Waals surface area (Å²) in [6, 6.07) is 10.2. The van der Waals surface area contributed by atoms with Gasteiger partial charge in [-0.1, -0.05) is 12.1 Å². The molecule has 5 nitrogen and oxygen atoms in total. The summed E-state index contributed by atoms with van der Waals surface area (Å²) in [6.45, 7) is 6.45. The minimum atomic E-state index is -0.180. The number of carbonyl (C=O) groups is 1. The highest BCUT2D eigenvalue weighted by atomic mass is 16.3. The van der Waals surface area contributed by atoms with Crippen LogP contribution in [0.15, 0.2) is 34.7 Å². The molecule has 2 N–H and O–H groups in total. The Hall–Kier alpha value is -2.27. The monoisotopic (exact) mass is 342 g/mol. The van der Waals surface area contributed by atoms with Gasteiger partial charge in [-0.2, -0.15) is 0 Å². The first-order valence-electron chi connectivity index (χ1n) is 8.87. The topological polar surface area (TPSA) is 65.7 Å². The third-order valence-corrected chi connectivity index (χ3v) is 4.87. The first-order chi connectivity index (χ1) is 12.1.